The van der Waals surface area contributed by atoms with Gasteiger partial charge in [0.1, 0.15) is 0 Å². The molecular weight excluding hydrogens is 228 g/mol. The fourth-order valence-corrected chi connectivity index (χ4v) is 2.37. The first-order chi connectivity index (χ1) is 7.59. The average Bonchev–Trinajstić information content (AvgIpc) is 2.60. The maximum Gasteiger partial charge on any atom is 0.0855 e. The fourth-order valence-electron chi connectivity index (χ4n) is 2.24. The number of halogens is 1. The topological polar surface area (TPSA) is 60.7 Å². The summed E-state index contributed by atoms with van der Waals surface area (Å²) in [6, 6.07) is 6.89. The van der Waals surface area contributed by atoms with Gasteiger partial charge < -0.3 is 15.3 Å². The number of rotatable bonds is 2. The third-order valence-corrected chi connectivity index (χ3v) is 3.50. The van der Waals surface area contributed by atoms with Crippen molar-refractivity contribution < 1.29 is 15.3 Å². The van der Waals surface area contributed by atoms with E-state index < -0.39 is 18.3 Å². The van der Waals surface area contributed by atoms with Crippen LogP contribution in [0.25, 0.3) is 0 Å². The largest absolute Gasteiger partial charge is 0.390 e. The van der Waals surface area contributed by atoms with Crippen LogP contribution in [0.4, 0.5) is 0 Å². The van der Waals surface area contributed by atoms with Gasteiger partial charge in [-0.2, -0.15) is 0 Å². The first-order valence-corrected chi connectivity index (χ1v) is 5.77. The summed E-state index contributed by atoms with van der Waals surface area (Å²) < 4.78 is 0. The summed E-state index contributed by atoms with van der Waals surface area (Å²) in [5.74, 6) is -0.295. The average molecular weight is 243 g/mol. The van der Waals surface area contributed by atoms with E-state index in [0.29, 0.717) is 17.9 Å². The minimum absolute atomic E-state index is 0.295. The van der Waals surface area contributed by atoms with Crippen molar-refractivity contribution in [3.05, 3.63) is 34.9 Å². The zero-order valence-electron chi connectivity index (χ0n) is 8.75. The number of hydrogen-bond acceptors (Lipinski definition) is 3. The van der Waals surface area contributed by atoms with Crippen molar-refractivity contribution in [2.24, 2.45) is 5.92 Å². The van der Waals surface area contributed by atoms with Crippen molar-refractivity contribution in [3.63, 3.8) is 0 Å². The van der Waals surface area contributed by atoms with Crippen LogP contribution < -0.4 is 0 Å². The molecule has 3 nitrogen and oxygen atoms in total. The molecule has 1 saturated carbocycles. The quantitative estimate of drug-likeness (QED) is 0.737. The van der Waals surface area contributed by atoms with Crippen LogP contribution in [-0.4, -0.2) is 27.5 Å². The van der Waals surface area contributed by atoms with Gasteiger partial charge in [0.15, 0.2) is 0 Å². The van der Waals surface area contributed by atoms with Gasteiger partial charge >= 0.3 is 0 Å². The van der Waals surface area contributed by atoms with E-state index in [9.17, 15) is 15.3 Å². The highest BCUT2D eigenvalue weighted by molar-refractivity contribution is 6.30. The summed E-state index contributed by atoms with van der Waals surface area (Å²) in [5, 5.41) is 29.8. The molecule has 4 atom stereocenters. The third-order valence-electron chi connectivity index (χ3n) is 3.25. The molecule has 0 aromatic heterocycles. The second-order valence-electron chi connectivity index (χ2n) is 4.30. The van der Waals surface area contributed by atoms with Crippen LogP contribution in [-0.2, 0) is 0 Å². The molecule has 0 bridgehead atoms. The van der Waals surface area contributed by atoms with E-state index in [1.807, 2.05) is 0 Å². The summed E-state index contributed by atoms with van der Waals surface area (Å²) in [6.45, 7) is 0. The molecule has 0 spiro atoms. The lowest BCUT2D eigenvalue weighted by atomic mass is 9.92. The summed E-state index contributed by atoms with van der Waals surface area (Å²) >= 11 is 5.76. The molecule has 4 unspecified atom stereocenters. The first kappa shape index (κ1) is 11.9. The number of aliphatic hydroxyl groups excluding tert-OH is 3. The summed E-state index contributed by atoms with van der Waals surface area (Å²) in [5.41, 5.74) is 0.725. The van der Waals surface area contributed by atoms with E-state index in [1.165, 1.54) is 0 Å². The second-order valence-corrected chi connectivity index (χ2v) is 4.73. The van der Waals surface area contributed by atoms with Gasteiger partial charge in [-0.25, -0.2) is 0 Å². The normalized spacial score (nSPS) is 31.6. The molecule has 1 aromatic rings. The van der Waals surface area contributed by atoms with Gasteiger partial charge in [-0.05, 0) is 30.5 Å². The Morgan fingerprint density at radius 3 is 2.25 bits per heavy atom. The maximum absolute atomic E-state index is 10.1. The Morgan fingerprint density at radius 1 is 1.12 bits per heavy atom. The van der Waals surface area contributed by atoms with Gasteiger partial charge in [0.05, 0.1) is 18.3 Å². The molecule has 3 N–H and O–H groups in total. The van der Waals surface area contributed by atoms with Gasteiger partial charge in [0.2, 0.25) is 0 Å². The lowest BCUT2D eigenvalue weighted by Crippen LogP contribution is -2.28. The predicted octanol–water partition coefficient (Wildman–Crippen LogP) is 1.51. The molecule has 1 aliphatic rings. The molecule has 0 saturated heterocycles. The molecule has 4 heteroatoms. The first-order valence-electron chi connectivity index (χ1n) is 5.39. The van der Waals surface area contributed by atoms with Gasteiger partial charge in [0, 0.05) is 10.9 Å². The van der Waals surface area contributed by atoms with Crippen LogP contribution in [0.1, 0.15) is 24.5 Å². The van der Waals surface area contributed by atoms with E-state index >= 15 is 0 Å². The van der Waals surface area contributed by atoms with E-state index in [0.717, 1.165) is 5.56 Å². The van der Waals surface area contributed by atoms with Crippen molar-refractivity contribution in [2.45, 2.75) is 31.2 Å². The Bertz CT molecular complexity index is 352. The van der Waals surface area contributed by atoms with Crippen molar-refractivity contribution in [1.29, 1.82) is 0 Å². The lowest BCUT2D eigenvalue weighted by molar-refractivity contribution is -0.0210. The third kappa shape index (κ3) is 2.23. The zero-order valence-corrected chi connectivity index (χ0v) is 9.51. The number of aliphatic hydroxyl groups is 3. The van der Waals surface area contributed by atoms with E-state index in [2.05, 4.69) is 0 Å². The Balaban J connectivity index is 2.13. The predicted molar refractivity (Wildman–Crippen MR) is 61.1 cm³/mol. The van der Waals surface area contributed by atoms with E-state index in [1.54, 1.807) is 24.3 Å². The van der Waals surface area contributed by atoms with Crippen LogP contribution in [0.3, 0.4) is 0 Å². The van der Waals surface area contributed by atoms with Crippen LogP contribution in [0.2, 0.25) is 5.02 Å². The molecular formula is C12H15ClO3. The monoisotopic (exact) mass is 242 g/mol. The molecule has 0 radical (unpaired) electrons. The van der Waals surface area contributed by atoms with Crippen molar-refractivity contribution >= 4 is 11.6 Å². The van der Waals surface area contributed by atoms with Gasteiger partial charge in [-0.15, -0.1) is 0 Å². The van der Waals surface area contributed by atoms with Crippen molar-refractivity contribution in [3.8, 4) is 0 Å². The molecule has 1 fully saturated rings. The molecule has 1 aliphatic carbocycles. The summed E-state index contributed by atoms with van der Waals surface area (Å²) in [6.07, 6.45) is -1.13. The molecule has 0 amide bonds. The standard InChI is InChI=1S/C12H15ClO3/c13-8-3-1-7(2-4-8)11(15)9-5-6-10(14)12(9)16/h1-4,9-12,14-16H,5-6H2. The Kier molecular flexibility index (Phi) is 3.50. The van der Waals surface area contributed by atoms with Gasteiger partial charge in [-0.1, -0.05) is 23.7 Å². The van der Waals surface area contributed by atoms with E-state index in [4.69, 9.17) is 11.6 Å². The highest BCUT2D eigenvalue weighted by atomic mass is 35.5. The van der Waals surface area contributed by atoms with Crippen LogP contribution >= 0.6 is 11.6 Å². The van der Waals surface area contributed by atoms with Crippen molar-refractivity contribution in [1.82, 2.24) is 0 Å². The summed E-state index contributed by atoms with van der Waals surface area (Å²) in [4.78, 5) is 0. The van der Waals surface area contributed by atoms with Crippen LogP contribution in [0.5, 0.6) is 0 Å². The van der Waals surface area contributed by atoms with E-state index in [-0.39, 0.29) is 5.92 Å². The Labute approximate surface area is 99.3 Å². The van der Waals surface area contributed by atoms with Crippen LogP contribution in [0, 0.1) is 5.92 Å². The Morgan fingerprint density at radius 2 is 1.75 bits per heavy atom. The molecule has 1 aromatic carbocycles. The summed E-state index contributed by atoms with van der Waals surface area (Å²) in [7, 11) is 0. The highest BCUT2D eigenvalue weighted by Gasteiger charge is 2.38. The lowest BCUT2D eigenvalue weighted by Gasteiger charge is -2.22. The SMILES string of the molecule is OC1CCC(C(O)c2ccc(Cl)cc2)C1O. The number of benzene rings is 1. The smallest absolute Gasteiger partial charge is 0.0855 e. The molecule has 0 heterocycles. The van der Waals surface area contributed by atoms with Gasteiger partial charge in [0.25, 0.3) is 0 Å². The molecule has 2 rings (SSSR count). The Hall–Kier alpha value is -0.610. The maximum atomic E-state index is 10.1. The fraction of sp³-hybridized carbons (Fsp3) is 0.500. The minimum atomic E-state index is -0.842. The molecule has 88 valence electrons. The number of hydrogen-bond donors (Lipinski definition) is 3. The molecule has 0 aliphatic heterocycles. The minimum Gasteiger partial charge on any atom is -0.390 e. The van der Waals surface area contributed by atoms with Crippen molar-refractivity contribution in [2.75, 3.05) is 0 Å². The second kappa shape index (κ2) is 4.72. The van der Waals surface area contributed by atoms with Gasteiger partial charge in [-0.3, -0.25) is 0 Å². The zero-order chi connectivity index (χ0) is 11.7. The highest BCUT2D eigenvalue weighted by Crippen LogP contribution is 2.36. The molecule has 16 heavy (non-hydrogen) atoms. The van der Waals surface area contributed by atoms with Crippen LogP contribution in [0.15, 0.2) is 24.3 Å².